The molecule has 1 aliphatic rings. The predicted octanol–water partition coefficient (Wildman–Crippen LogP) is 3.05. The minimum atomic E-state index is 0.248. The lowest BCUT2D eigenvalue weighted by Gasteiger charge is -2.23. The highest BCUT2D eigenvalue weighted by Crippen LogP contribution is 2.49. The number of hydrogen-bond donors (Lipinski definition) is 1. The highest BCUT2D eigenvalue weighted by Gasteiger charge is 2.39. The van der Waals surface area contributed by atoms with Gasteiger partial charge in [0.1, 0.15) is 0 Å². The number of benzene rings is 1. The Hall–Kier alpha value is -0.820. The van der Waals surface area contributed by atoms with E-state index in [1.165, 1.54) is 17.5 Å². The van der Waals surface area contributed by atoms with Gasteiger partial charge in [0.2, 0.25) is 0 Å². The lowest BCUT2D eigenvalue weighted by atomic mass is 9.82. The summed E-state index contributed by atoms with van der Waals surface area (Å²) in [4.78, 5) is 0. The average molecular weight is 203 g/mol. The molecular weight excluding hydrogens is 182 g/mol. The van der Waals surface area contributed by atoms with Crippen molar-refractivity contribution >= 4 is 0 Å². The van der Waals surface area contributed by atoms with Crippen molar-refractivity contribution in [3.8, 4) is 0 Å². The molecule has 1 aliphatic carbocycles. The van der Waals surface area contributed by atoms with Gasteiger partial charge in [-0.05, 0) is 41.3 Å². The van der Waals surface area contributed by atoms with Gasteiger partial charge in [-0.3, -0.25) is 0 Å². The molecule has 1 saturated carbocycles. The highest BCUT2D eigenvalue weighted by molar-refractivity contribution is 5.38. The molecule has 0 unspecified atom stereocenters. The minimum Gasteiger partial charge on any atom is -0.330 e. The van der Waals surface area contributed by atoms with Gasteiger partial charge in [-0.15, -0.1) is 0 Å². The van der Waals surface area contributed by atoms with Gasteiger partial charge < -0.3 is 5.73 Å². The molecule has 2 N–H and O–H groups in total. The van der Waals surface area contributed by atoms with E-state index >= 15 is 0 Å². The fourth-order valence-corrected chi connectivity index (χ4v) is 2.39. The maximum Gasteiger partial charge on any atom is -0.00428 e. The van der Waals surface area contributed by atoms with Gasteiger partial charge in [-0.1, -0.05) is 45.0 Å². The fraction of sp³-hybridized carbons (Fsp3) is 0.571. The predicted molar refractivity (Wildman–Crippen MR) is 65.0 cm³/mol. The first-order valence-electron chi connectivity index (χ1n) is 5.83. The zero-order chi connectivity index (χ0) is 11.1. The Bertz CT molecular complexity index is 349. The molecule has 1 nitrogen and oxygen atoms in total. The molecule has 0 bridgehead atoms. The average Bonchev–Trinajstić information content (AvgIpc) is 2.95. The maximum absolute atomic E-state index is 5.72. The van der Waals surface area contributed by atoms with Crippen LogP contribution in [0.3, 0.4) is 0 Å². The van der Waals surface area contributed by atoms with Crippen LogP contribution in [0.15, 0.2) is 24.3 Å². The zero-order valence-corrected chi connectivity index (χ0v) is 9.96. The van der Waals surface area contributed by atoms with Crippen LogP contribution in [0.25, 0.3) is 0 Å². The lowest BCUT2D eigenvalue weighted by Crippen LogP contribution is -2.14. The molecule has 0 heterocycles. The third-order valence-electron chi connectivity index (χ3n) is 3.39. The molecule has 0 saturated heterocycles. The normalized spacial score (nSPS) is 25.3. The molecule has 0 aromatic heterocycles. The van der Waals surface area contributed by atoms with Crippen molar-refractivity contribution in [3.05, 3.63) is 35.4 Å². The molecule has 1 heteroatoms. The summed E-state index contributed by atoms with van der Waals surface area (Å²) >= 11 is 0. The van der Waals surface area contributed by atoms with Crippen LogP contribution in [0, 0.1) is 5.92 Å². The van der Waals surface area contributed by atoms with E-state index in [1.54, 1.807) is 0 Å². The Labute approximate surface area is 92.7 Å². The van der Waals surface area contributed by atoms with Crippen LogP contribution in [-0.4, -0.2) is 6.54 Å². The maximum atomic E-state index is 5.72. The van der Waals surface area contributed by atoms with Gasteiger partial charge in [0.25, 0.3) is 0 Å². The van der Waals surface area contributed by atoms with E-state index in [1.807, 2.05) is 0 Å². The topological polar surface area (TPSA) is 26.0 Å². The van der Waals surface area contributed by atoms with Crippen molar-refractivity contribution in [1.29, 1.82) is 0 Å². The first-order chi connectivity index (χ1) is 7.04. The quantitative estimate of drug-likeness (QED) is 0.785. The lowest BCUT2D eigenvalue weighted by molar-refractivity contribution is 0.581. The molecule has 2 atom stereocenters. The molecule has 2 rings (SSSR count). The molecule has 0 amide bonds. The van der Waals surface area contributed by atoms with E-state index in [2.05, 4.69) is 45.0 Å². The van der Waals surface area contributed by atoms with E-state index in [4.69, 9.17) is 5.73 Å². The molecule has 15 heavy (non-hydrogen) atoms. The van der Waals surface area contributed by atoms with Crippen LogP contribution < -0.4 is 5.73 Å². The third-order valence-corrected chi connectivity index (χ3v) is 3.39. The Morgan fingerprint density at radius 2 is 1.93 bits per heavy atom. The second-order valence-electron chi connectivity index (χ2n) is 5.68. The second kappa shape index (κ2) is 3.64. The van der Waals surface area contributed by atoms with Gasteiger partial charge in [-0.2, -0.15) is 0 Å². The number of hydrogen-bond acceptors (Lipinski definition) is 1. The Morgan fingerprint density at radius 3 is 2.47 bits per heavy atom. The second-order valence-corrected chi connectivity index (χ2v) is 5.68. The van der Waals surface area contributed by atoms with Crippen LogP contribution >= 0.6 is 0 Å². The molecular formula is C14H21N. The first kappa shape index (κ1) is 10.7. The summed E-state index contributed by atoms with van der Waals surface area (Å²) in [7, 11) is 0. The Kier molecular flexibility index (Phi) is 2.59. The zero-order valence-electron chi connectivity index (χ0n) is 9.96. The van der Waals surface area contributed by atoms with Gasteiger partial charge in [0, 0.05) is 0 Å². The van der Waals surface area contributed by atoms with Gasteiger partial charge >= 0.3 is 0 Å². The SMILES string of the molecule is CC(C)(C)c1ccccc1[C@@H]1C[C@H]1CN. The highest BCUT2D eigenvalue weighted by atomic mass is 14.6. The monoisotopic (exact) mass is 203 g/mol. The summed E-state index contributed by atoms with van der Waals surface area (Å²) in [5, 5.41) is 0. The molecule has 1 fully saturated rings. The van der Waals surface area contributed by atoms with E-state index in [-0.39, 0.29) is 5.41 Å². The summed E-state index contributed by atoms with van der Waals surface area (Å²) in [5.41, 5.74) is 8.99. The minimum absolute atomic E-state index is 0.248. The van der Waals surface area contributed by atoms with E-state index in [9.17, 15) is 0 Å². The Morgan fingerprint density at radius 1 is 1.27 bits per heavy atom. The van der Waals surface area contributed by atoms with Gasteiger partial charge in [0.15, 0.2) is 0 Å². The molecule has 82 valence electrons. The summed E-state index contributed by atoms with van der Waals surface area (Å²) in [6.07, 6.45) is 1.28. The van der Waals surface area contributed by atoms with Crippen LogP contribution in [0.2, 0.25) is 0 Å². The van der Waals surface area contributed by atoms with E-state index in [0.29, 0.717) is 0 Å². The summed E-state index contributed by atoms with van der Waals surface area (Å²) in [6.45, 7) is 7.69. The molecule has 1 aromatic carbocycles. The van der Waals surface area contributed by atoms with Gasteiger partial charge in [0.05, 0.1) is 0 Å². The van der Waals surface area contributed by atoms with E-state index < -0.39 is 0 Å². The molecule has 1 aromatic rings. The summed E-state index contributed by atoms with van der Waals surface area (Å²) < 4.78 is 0. The smallest absolute Gasteiger partial charge is 0.00428 e. The van der Waals surface area contributed by atoms with Gasteiger partial charge in [-0.25, -0.2) is 0 Å². The van der Waals surface area contributed by atoms with Crippen molar-refractivity contribution in [3.63, 3.8) is 0 Å². The molecule has 0 aliphatic heterocycles. The molecule has 0 spiro atoms. The first-order valence-corrected chi connectivity index (χ1v) is 5.83. The van der Waals surface area contributed by atoms with Crippen LogP contribution in [0.4, 0.5) is 0 Å². The standard InChI is InChI=1S/C14H21N/c1-14(2,3)13-7-5-4-6-11(13)12-8-10(12)9-15/h4-7,10,12H,8-9,15H2,1-3H3/t10-,12+/m0/s1. The summed E-state index contributed by atoms with van der Waals surface area (Å²) in [6, 6.07) is 8.84. The fourth-order valence-electron chi connectivity index (χ4n) is 2.39. The van der Waals surface area contributed by atoms with Crippen molar-refractivity contribution in [2.24, 2.45) is 11.7 Å². The summed E-state index contributed by atoms with van der Waals surface area (Å²) in [5.74, 6) is 1.46. The Balaban J connectivity index is 2.32. The number of nitrogens with two attached hydrogens (primary N) is 1. The van der Waals surface area contributed by atoms with E-state index in [0.717, 1.165) is 18.4 Å². The largest absolute Gasteiger partial charge is 0.330 e. The van der Waals surface area contributed by atoms with Crippen molar-refractivity contribution in [2.45, 2.75) is 38.5 Å². The van der Waals surface area contributed by atoms with Crippen molar-refractivity contribution < 1.29 is 0 Å². The number of rotatable bonds is 2. The van der Waals surface area contributed by atoms with Crippen LogP contribution in [0.1, 0.15) is 44.2 Å². The van der Waals surface area contributed by atoms with Crippen LogP contribution in [-0.2, 0) is 5.41 Å². The van der Waals surface area contributed by atoms with Crippen molar-refractivity contribution in [2.75, 3.05) is 6.54 Å². The van der Waals surface area contributed by atoms with Crippen molar-refractivity contribution in [1.82, 2.24) is 0 Å². The molecule has 0 radical (unpaired) electrons. The third kappa shape index (κ3) is 2.07. The van der Waals surface area contributed by atoms with Crippen LogP contribution in [0.5, 0.6) is 0 Å².